The number of rotatable bonds is 7. The second-order valence-corrected chi connectivity index (χ2v) is 7.78. The number of carboxylic acid groups (broad SMARTS) is 1. The zero-order valence-corrected chi connectivity index (χ0v) is 14.6. The van der Waals surface area contributed by atoms with Crippen molar-refractivity contribution in [3.05, 3.63) is 65.2 Å². The molecule has 0 atom stereocenters. The van der Waals surface area contributed by atoms with Gasteiger partial charge in [0, 0.05) is 13.5 Å². The number of hydrogen-bond donors (Lipinski definition) is 1. The highest BCUT2D eigenvalue weighted by molar-refractivity contribution is 7.92. The van der Waals surface area contributed by atoms with E-state index in [1.54, 1.807) is 30.3 Å². The molecule has 0 aromatic heterocycles. The molecule has 2 rings (SSSR count). The second kappa shape index (κ2) is 7.49. The topological polar surface area (TPSA) is 74.7 Å². The number of aryl methyl sites for hydroxylation is 2. The molecule has 0 aliphatic heterocycles. The molecule has 0 heterocycles. The van der Waals surface area contributed by atoms with Crippen LogP contribution in [0, 0.1) is 6.92 Å². The third-order valence-corrected chi connectivity index (χ3v) is 5.49. The number of hydrogen-bond acceptors (Lipinski definition) is 3. The lowest BCUT2D eigenvalue weighted by Gasteiger charge is -2.20. The van der Waals surface area contributed by atoms with E-state index in [9.17, 15) is 13.2 Å². The Labute approximate surface area is 142 Å². The molecular formula is C18H21NO4S. The maximum Gasteiger partial charge on any atom is 0.303 e. The fraction of sp³-hybridized carbons (Fsp3) is 0.278. The van der Waals surface area contributed by atoms with Crippen LogP contribution in [-0.2, 0) is 27.0 Å². The quantitative estimate of drug-likeness (QED) is 0.835. The molecule has 0 spiro atoms. The predicted molar refractivity (Wildman–Crippen MR) is 94.6 cm³/mol. The van der Waals surface area contributed by atoms with Gasteiger partial charge in [-0.05, 0) is 36.6 Å². The molecule has 0 saturated carbocycles. The highest BCUT2D eigenvalue weighted by Crippen LogP contribution is 2.21. The van der Waals surface area contributed by atoms with Crippen molar-refractivity contribution < 1.29 is 18.3 Å². The van der Waals surface area contributed by atoms with Crippen LogP contribution >= 0.6 is 0 Å². The Balaban J connectivity index is 2.18. The lowest BCUT2D eigenvalue weighted by Crippen LogP contribution is -2.28. The molecule has 0 amide bonds. The molecular weight excluding hydrogens is 326 g/mol. The summed E-state index contributed by atoms with van der Waals surface area (Å²) < 4.78 is 26.5. The molecule has 0 fully saturated rings. The maximum absolute atomic E-state index is 12.6. The first-order valence-corrected chi connectivity index (χ1v) is 9.22. The van der Waals surface area contributed by atoms with Crippen LogP contribution in [0.15, 0.2) is 48.5 Å². The molecule has 0 radical (unpaired) electrons. The van der Waals surface area contributed by atoms with Gasteiger partial charge < -0.3 is 5.11 Å². The lowest BCUT2D eigenvalue weighted by molar-refractivity contribution is -0.136. The van der Waals surface area contributed by atoms with Gasteiger partial charge in [0.05, 0.1) is 11.4 Å². The summed E-state index contributed by atoms with van der Waals surface area (Å²) in [7, 11) is -2.00. The summed E-state index contributed by atoms with van der Waals surface area (Å²) in [6.45, 7) is 1.92. The van der Waals surface area contributed by atoms with Gasteiger partial charge in [0.25, 0.3) is 0 Å². The van der Waals surface area contributed by atoms with E-state index in [1.807, 2.05) is 25.1 Å². The van der Waals surface area contributed by atoms with Gasteiger partial charge in [-0.1, -0.05) is 42.0 Å². The van der Waals surface area contributed by atoms with Crippen molar-refractivity contribution in [2.45, 2.75) is 25.5 Å². The van der Waals surface area contributed by atoms with E-state index >= 15 is 0 Å². The lowest BCUT2D eigenvalue weighted by atomic mass is 10.1. The van der Waals surface area contributed by atoms with E-state index in [0.717, 1.165) is 16.7 Å². The number of nitrogens with zero attached hydrogens (tertiary/aromatic N) is 1. The van der Waals surface area contributed by atoms with Gasteiger partial charge in [0.1, 0.15) is 0 Å². The van der Waals surface area contributed by atoms with Crippen LogP contribution in [0.2, 0.25) is 0 Å². The Hall–Kier alpha value is -2.34. The van der Waals surface area contributed by atoms with Crippen LogP contribution in [0.1, 0.15) is 23.1 Å². The van der Waals surface area contributed by atoms with Crippen molar-refractivity contribution in [2.75, 3.05) is 11.4 Å². The van der Waals surface area contributed by atoms with Gasteiger partial charge in [-0.2, -0.15) is 0 Å². The molecule has 6 heteroatoms. The van der Waals surface area contributed by atoms with E-state index in [2.05, 4.69) is 0 Å². The smallest absolute Gasteiger partial charge is 0.303 e. The number of aliphatic carboxylic acids is 1. The standard InChI is InChI=1S/C18H21NO4S/c1-14-5-3-7-16(11-14)13-24(22,23)19(2)17-8-4-6-15(12-17)9-10-18(20)21/h3-8,11-12H,9-10,13H2,1-2H3,(H,20,21). The number of anilines is 1. The molecule has 128 valence electrons. The number of carboxylic acids is 1. The SMILES string of the molecule is Cc1cccc(CS(=O)(=O)N(C)c2cccc(CCC(=O)O)c2)c1. The summed E-state index contributed by atoms with van der Waals surface area (Å²) in [4.78, 5) is 10.7. The van der Waals surface area contributed by atoms with Gasteiger partial charge in [0.15, 0.2) is 0 Å². The van der Waals surface area contributed by atoms with Crippen molar-refractivity contribution >= 4 is 21.7 Å². The highest BCUT2D eigenvalue weighted by Gasteiger charge is 2.19. The summed E-state index contributed by atoms with van der Waals surface area (Å²) >= 11 is 0. The average Bonchev–Trinajstić information content (AvgIpc) is 2.52. The van der Waals surface area contributed by atoms with E-state index < -0.39 is 16.0 Å². The Morgan fingerprint density at radius 1 is 1.08 bits per heavy atom. The van der Waals surface area contributed by atoms with Crippen LogP contribution < -0.4 is 4.31 Å². The molecule has 0 unspecified atom stereocenters. The molecule has 0 bridgehead atoms. The van der Waals surface area contributed by atoms with Crippen LogP contribution in [0.25, 0.3) is 0 Å². The maximum atomic E-state index is 12.6. The molecule has 1 N–H and O–H groups in total. The van der Waals surface area contributed by atoms with Crippen LogP contribution in [0.3, 0.4) is 0 Å². The summed E-state index contributed by atoms with van der Waals surface area (Å²) in [6, 6.07) is 14.4. The van der Waals surface area contributed by atoms with Gasteiger partial charge in [-0.15, -0.1) is 0 Å². The Bertz CT molecular complexity index is 830. The fourth-order valence-electron chi connectivity index (χ4n) is 2.43. The van der Waals surface area contributed by atoms with Crippen molar-refractivity contribution in [1.82, 2.24) is 0 Å². The van der Waals surface area contributed by atoms with Crippen molar-refractivity contribution in [2.24, 2.45) is 0 Å². The number of benzene rings is 2. The minimum atomic E-state index is -3.51. The first-order valence-electron chi connectivity index (χ1n) is 7.61. The highest BCUT2D eigenvalue weighted by atomic mass is 32.2. The third kappa shape index (κ3) is 4.83. The second-order valence-electron chi connectivity index (χ2n) is 5.78. The summed E-state index contributed by atoms with van der Waals surface area (Å²) in [5, 5.41) is 8.76. The van der Waals surface area contributed by atoms with Crippen LogP contribution in [0.5, 0.6) is 0 Å². The largest absolute Gasteiger partial charge is 0.481 e. The van der Waals surface area contributed by atoms with Crippen LogP contribution in [0.4, 0.5) is 5.69 Å². The van der Waals surface area contributed by atoms with E-state index in [0.29, 0.717) is 12.1 Å². The number of sulfonamides is 1. The monoisotopic (exact) mass is 347 g/mol. The number of carbonyl (C=O) groups is 1. The third-order valence-electron chi connectivity index (χ3n) is 3.75. The van der Waals surface area contributed by atoms with Crippen molar-refractivity contribution in [3.8, 4) is 0 Å². The van der Waals surface area contributed by atoms with Gasteiger partial charge >= 0.3 is 5.97 Å². The molecule has 0 saturated heterocycles. The summed E-state index contributed by atoms with van der Waals surface area (Å²) in [6.07, 6.45) is 0.387. The minimum Gasteiger partial charge on any atom is -0.481 e. The fourth-order valence-corrected chi connectivity index (χ4v) is 3.66. The molecule has 0 aliphatic rings. The Morgan fingerprint density at radius 2 is 1.75 bits per heavy atom. The zero-order valence-electron chi connectivity index (χ0n) is 13.8. The average molecular weight is 347 g/mol. The molecule has 5 nitrogen and oxygen atoms in total. The Morgan fingerprint density at radius 3 is 2.42 bits per heavy atom. The Kier molecular flexibility index (Phi) is 5.62. The van der Waals surface area contributed by atoms with Gasteiger partial charge in [-0.25, -0.2) is 8.42 Å². The van der Waals surface area contributed by atoms with E-state index in [1.165, 1.54) is 11.4 Å². The molecule has 2 aromatic rings. The van der Waals surface area contributed by atoms with E-state index in [4.69, 9.17) is 5.11 Å². The van der Waals surface area contributed by atoms with Crippen LogP contribution in [-0.4, -0.2) is 26.5 Å². The summed E-state index contributed by atoms with van der Waals surface area (Å²) in [5.74, 6) is -0.953. The zero-order chi connectivity index (χ0) is 17.7. The predicted octanol–water partition coefficient (Wildman–Crippen LogP) is 2.98. The van der Waals surface area contributed by atoms with Gasteiger partial charge in [-0.3, -0.25) is 9.10 Å². The minimum absolute atomic E-state index is 0.0171. The normalized spacial score (nSPS) is 11.2. The van der Waals surface area contributed by atoms with E-state index in [-0.39, 0.29) is 12.2 Å². The molecule has 24 heavy (non-hydrogen) atoms. The summed E-state index contributed by atoms with van der Waals surface area (Å²) in [5.41, 5.74) is 3.09. The van der Waals surface area contributed by atoms with Gasteiger partial charge in [0.2, 0.25) is 10.0 Å². The molecule has 2 aromatic carbocycles. The first kappa shape index (κ1) is 18.0. The molecule has 0 aliphatic carbocycles. The van der Waals surface area contributed by atoms with Crippen molar-refractivity contribution in [3.63, 3.8) is 0 Å². The first-order chi connectivity index (χ1) is 11.3. The van der Waals surface area contributed by atoms with Crippen molar-refractivity contribution in [1.29, 1.82) is 0 Å².